The van der Waals surface area contributed by atoms with Gasteiger partial charge in [-0.05, 0) is 45.7 Å². The number of likely N-dealkylation sites (tertiary alicyclic amines) is 1. The Kier molecular flexibility index (Phi) is 5.81. The fourth-order valence-corrected chi connectivity index (χ4v) is 3.65. The lowest BCUT2D eigenvalue weighted by atomic mass is 9.80. The molecule has 10 heteroatoms. The summed E-state index contributed by atoms with van der Waals surface area (Å²) in [5.74, 6) is -1.11. The van der Waals surface area contributed by atoms with E-state index in [-0.39, 0.29) is 5.41 Å². The molecule has 2 aliphatic heterocycles. The van der Waals surface area contributed by atoms with Crippen molar-refractivity contribution < 1.29 is 27.8 Å². The Morgan fingerprint density at radius 3 is 2.61 bits per heavy atom. The number of carbonyl (C=O) groups is 1. The summed E-state index contributed by atoms with van der Waals surface area (Å²) in [4.78, 5) is 20.8. The van der Waals surface area contributed by atoms with Crippen molar-refractivity contribution in [1.82, 2.24) is 14.9 Å². The summed E-state index contributed by atoms with van der Waals surface area (Å²) in [6.07, 6.45) is -1.26. The number of hydrogen-bond acceptors (Lipinski definition) is 6. The zero-order valence-electron chi connectivity index (χ0n) is 16.0. The van der Waals surface area contributed by atoms with Gasteiger partial charge in [0.25, 0.3) is 0 Å². The van der Waals surface area contributed by atoms with Gasteiger partial charge in [-0.3, -0.25) is 0 Å². The number of fused-ring (bicyclic) bond motifs is 2. The van der Waals surface area contributed by atoms with Gasteiger partial charge in [0, 0.05) is 24.3 Å². The molecule has 0 amide bonds. The molecule has 2 N–H and O–H groups in total. The van der Waals surface area contributed by atoms with Gasteiger partial charge in [-0.15, -0.1) is 0 Å². The normalized spacial score (nSPS) is 24.5. The summed E-state index contributed by atoms with van der Waals surface area (Å²) in [7, 11) is 2.18. The first kappa shape index (κ1) is 20.8. The second-order valence-electron chi connectivity index (χ2n) is 7.85. The Morgan fingerprint density at radius 1 is 1.39 bits per heavy atom. The molecule has 2 fully saturated rings. The number of carboxylic acids is 1. The van der Waals surface area contributed by atoms with Gasteiger partial charge < -0.3 is 20.1 Å². The fourth-order valence-electron chi connectivity index (χ4n) is 3.65. The molecule has 1 unspecified atom stereocenters. The van der Waals surface area contributed by atoms with Crippen LogP contribution < -0.4 is 5.32 Å². The van der Waals surface area contributed by atoms with E-state index in [4.69, 9.17) is 19.6 Å². The van der Waals surface area contributed by atoms with E-state index in [0.29, 0.717) is 6.61 Å². The molecule has 1 saturated carbocycles. The first-order valence-electron chi connectivity index (χ1n) is 9.29. The first-order valence-corrected chi connectivity index (χ1v) is 9.29. The van der Waals surface area contributed by atoms with Gasteiger partial charge in [-0.2, -0.15) is 13.2 Å². The lowest BCUT2D eigenvalue weighted by Crippen LogP contribution is -2.40. The van der Waals surface area contributed by atoms with Gasteiger partial charge in [0.2, 0.25) is 5.95 Å². The smallest absolute Gasteiger partial charge is 0.475 e. The molecule has 1 spiro atoms. The topological polar surface area (TPSA) is 87.6 Å². The number of rotatable bonds is 3. The second-order valence-corrected chi connectivity index (χ2v) is 7.85. The van der Waals surface area contributed by atoms with Crippen molar-refractivity contribution in [1.29, 1.82) is 0 Å². The van der Waals surface area contributed by atoms with E-state index in [9.17, 15) is 13.2 Å². The quantitative estimate of drug-likeness (QED) is 0.802. The third kappa shape index (κ3) is 4.72. The molecule has 0 radical (unpaired) electrons. The number of likely N-dealkylation sites (N-methyl/N-ethyl adjacent to an activating group) is 1. The van der Waals surface area contributed by atoms with Gasteiger partial charge >= 0.3 is 12.1 Å². The molecule has 1 aliphatic carbocycles. The van der Waals surface area contributed by atoms with E-state index in [1.54, 1.807) is 0 Å². The third-order valence-electron chi connectivity index (χ3n) is 5.37. The number of aromatic nitrogens is 2. The molecular weight excluding hydrogens is 377 g/mol. The first-order chi connectivity index (χ1) is 13.1. The number of anilines is 1. The number of alkyl halides is 3. The number of nitrogens with zero attached hydrogens (tertiary/aromatic N) is 3. The summed E-state index contributed by atoms with van der Waals surface area (Å²) in [5, 5.41) is 10.6. The molecule has 0 aromatic carbocycles. The number of aryl methyl sites for hydroxylation is 1. The highest BCUT2D eigenvalue weighted by Gasteiger charge is 2.44. The molecule has 3 aliphatic rings. The van der Waals surface area contributed by atoms with Crippen LogP contribution in [0.15, 0.2) is 0 Å². The summed E-state index contributed by atoms with van der Waals surface area (Å²) in [6, 6.07) is 0. The van der Waals surface area contributed by atoms with Crippen molar-refractivity contribution in [2.75, 3.05) is 38.6 Å². The average Bonchev–Trinajstić information content (AvgIpc) is 3.37. The zero-order valence-corrected chi connectivity index (χ0v) is 16.0. The molecule has 4 rings (SSSR count). The largest absolute Gasteiger partial charge is 0.490 e. The van der Waals surface area contributed by atoms with Crippen LogP contribution in [0, 0.1) is 12.8 Å². The van der Waals surface area contributed by atoms with Crippen molar-refractivity contribution in [2.45, 2.75) is 44.4 Å². The van der Waals surface area contributed by atoms with Gasteiger partial charge in [0.1, 0.15) is 0 Å². The molecule has 7 nitrogen and oxygen atoms in total. The maximum Gasteiger partial charge on any atom is 0.490 e. The Bertz CT molecular complexity index is 740. The van der Waals surface area contributed by atoms with Gasteiger partial charge in [0.05, 0.1) is 24.3 Å². The number of nitrogens with one attached hydrogen (secondary N) is 1. The minimum absolute atomic E-state index is 0.0754. The predicted octanol–water partition coefficient (Wildman–Crippen LogP) is 2.34. The maximum absolute atomic E-state index is 10.6. The monoisotopic (exact) mass is 402 g/mol. The molecule has 1 aromatic rings. The number of ether oxygens (including phenoxy) is 1. The fraction of sp³-hybridized carbons (Fsp3) is 0.722. The highest BCUT2D eigenvalue weighted by Crippen LogP contribution is 2.39. The van der Waals surface area contributed by atoms with Crippen molar-refractivity contribution in [3.63, 3.8) is 0 Å². The van der Waals surface area contributed by atoms with Gasteiger partial charge in [0.15, 0.2) is 0 Å². The number of halogens is 3. The summed E-state index contributed by atoms with van der Waals surface area (Å²) in [5.41, 5.74) is 3.61. The van der Waals surface area contributed by atoms with Crippen LogP contribution in [0.25, 0.3) is 0 Å². The Morgan fingerprint density at radius 2 is 2.07 bits per heavy atom. The molecule has 1 aromatic heterocycles. The summed E-state index contributed by atoms with van der Waals surface area (Å²) < 4.78 is 37.6. The molecule has 28 heavy (non-hydrogen) atoms. The van der Waals surface area contributed by atoms with E-state index in [0.717, 1.165) is 50.2 Å². The Labute approximate surface area is 161 Å². The predicted molar refractivity (Wildman–Crippen MR) is 95.1 cm³/mol. The van der Waals surface area contributed by atoms with Crippen LogP contribution in [0.5, 0.6) is 0 Å². The van der Waals surface area contributed by atoms with Crippen LogP contribution in [0.2, 0.25) is 0 Å². The molecule has 0 bridgehead atoms. The minimum atomic E-state index is -5.08. The summed E-state index contributed by atoms with van der Waals surface area (Å²) >= 11 is 0. The summed E-state index contributed by atoms with van der Waals surface area (Å²) in [6.45, 7) is 6.72. The van der Waals surface area contributed by atoms with E-state index >= 15 is 0 Å². The average molecular weight is 402 g/mol. The van der Waals surface area contributed by atoms with E-state index in [2.05, 4.69) is 29.2 Å². The lowest BCUT2D eigenvalue weighted by molar-refractivity contribution is -0.192. The van der Waals surface area contributed by atoms with Crippen LogP contribution in [0.4, 0.5) is 19.1 Å². The zero-order chi connectivity index (χ0) is 20.5. The Balaban J connectivity index is 0.000000279. The van der Waals surface area contributed by atoms with Crippen LogP contribution in [-0.2, 0) is 21.6 Å². The van der Waals surface area contributed by atoms with Crippen LogP contribution in [0.3, 0.4) is 0 Å². The lowest BCUT2D eigenvalue weighted by Gasteiger charge is -2.35. The standard InChI is InChI=1S/C16H24N4O.C2HF3O2/c1-11-13-8-21-10-16(5-6-20(2)9-16)14(13)19-15(18-11)17-7-12-3-4-12;3-2(4,5)1(6)7/h12H,3-10H2,1-2H3,(H,17,18,19);(H,6,7). The second kappa shape index (κ2) is 7.82. The van der Waals surface area contributed by atoms with Crippen molar-refractivity contribution in [3.8, 4) is 0 Å². The highest BCUT2D eigenvalue weighted by molar-refractivity contribution is 5.73. The minimum Gasteiger partial charge on any atom is -0.475 e. The maximum atomic E-state index is 10.6. The molecule has 1 atom stereocenters. The number of carboxylic acid groups (broad SMARTS) is 1. The van der Waals surface area contributed by atoms with Crippen molar-refractivity contribution in [2.24, 2.45) is 5.92 Å². The number of hydrogen-bond donors (Lipinski definition) is 2. The van der Waals surface area contributed by atoms with Crippen LogP contribution in [-0.4, -0.2) is 65.4 Å². The SMILES string of the molecule is Cc1nc(NCC2CC2)nc2c1COCC21CCN(C)C1.O=C(O)C(F)(F)F. The molecule has 1 saturated heterocycles. The third-order valence-corrected chi connectivity index (χ3v) is 5.37. The molecule has 3 heterocycles. The Hall–Kier alpha value is -1.94. The van der Waals surface area contributed by atoms with E-state index in [1.807, 2.05) is 0 Å². The van der Waals surface area contributed by atoms with Crippen molar-refractivity contribution in [3.05, 3.63) is 17.0 Å². The van der Waals surface area contributed by atoms with E-state index in [1.165, 1.54) is 24.1 Å². The number of aliphatic carboxylic acids is 1. The van der Waals surface area contributed by atoms with Gasteiger partial charge in [-0.25, -0.2) is 14.8 Å². The van der Waals surface area contributed by atoms with Gasteiger partial charge in [-0.1, -0.05) is 0 Å². The van der Waals surface area contributed by atoms with Crippen molar-refractivity contribution >= 4 is 11.9 Å². The molecule has 156 valence electrons. The van der Waals surface area contributed by atoms with Crippen LogP contribution >= 0.6 is 0 Å². The van der Waals surface area contributed by atoms with Crippen LogP contribution in [0.1, 0.15) is 36.2 Å². The highest BCUT2D eigenvalue weighted by atomic mass is 19.4. The van der Waals surface area contributed by atoms with E-state index < -0.39 is 12.1 Å². The molecular formula is C18H25F3N4O3.